The summed E-state index contributed by atoms with van der Waals surface area (Å²) in [4.78, 5) is 15.6. The Hall–Kier alpha value is -1.09. The van der Waals surface area contributed by atoms with Gasteiger partial charge in [-0.05, 0) is 18.1 Å². The molecular formula is C12H17ClN2O. The van der Waals surface area contributed by atoms with Gasteiger partial charge in [-0.15, -0.1) is 0 Å². The van der Waals surface area contributed by atoms with Gasteiger partial charge >= 0.3 is 0 Å². The number of amides is 1. The molecule has 0 unspecified atom stereocenters. The Morgan fingerprint density at radius 1 is 1.50 bits per heavy atom. The van der Waals surface area contributed by atoms with E-state index in [1.165, 1.54) is 0 Å². The molecule has 4 heteroatoms. The first-order valence-corrected chi connectivity index (χ1v) is 5.95. The number of nitrogens with zero attached hydrogens (tertiary/aromatic N) is 1. The van der Waals surface area contributed by atoms with E-state index in [1.54, 1.807) is 18.3 Å². The van der Waals surface area contributed by atoms with Gasteiger partial charge in [0.25, 0.3) is 5.91 Å². The van der Waals surface area contributed by atoms with Crippen LogP contribution in [0.3, 0.4) is 0 Å². The summed E-state index contributed by atoms with van der Waals surface area (Å²) in [6, 6.07) is 3.38. The van der Waals surface area contributed by atoms with Gasteiger partial charge in [0.1, 0.15) is 5.15 Å². The van der Waals surface area contributed by atoms with Gasteiger partial charge in [-0.3, -0.25) is 4.79 Å². The van der Waals surface area contributed by atoms with E-state index in [2.05, 4.69) is 24.1 Å². The van der Waals surface area contributed by atoms with Crippen molar-refractivity contribution < 1.29 is 4.79 Å². The summed E-state index contributed by atoms with van der Waals surface area (Å²) < 4.78 is 0. The predicted molar refractivity (Wildman–Crippen MR) is 65.7 cm³/mol. The molecule has 1 aromatic rings. The minimum absolute atomic E-state index is 0.148. The number of hydrogen-bond donors (Lipinski definition) is 1. The van der Waals surface area contributed by atoms with E-state index >= 15 is 0 Å². The summed E-state index contributed by atoms with van der Waals surface area (Å²) >= 11 is 5.83. The molecule has 0 aromatic carbocycles. The smallest absolute Gasteiger partial charge is 0.254 e. The molecule has 0 aliphatic rings. The van der Waals surface area contributed by atoms with Gasteiger partial charge in [0, 0.05) is 12.7 Å². The first-order chi connectivity index (χ1) is 7.69. The van der Waals surface area contributed by atoms with E-state index in [0.29, 0.717) is 18.0 Å². The van der Waals surface area contributed by atoms with Crippen LogP contribution in [0.5, 0.6) is 0 Å². The van der Waals surface area contributed by atoms with Crippen LogP contribution in [0.4, 0.5) is 0 Å². The number of hydrogen-bond acceptors (Lipinski definition) is 2. The van der Waals surface area contributed by atoms with Crippen molar-refractivity contribution >= 4 is 17.5 Å². The summed E-state index contributed by atoms with van der Waals surface area (Å²) in [5.41, 5.74) is 0.440. The van der Waals surface area contributed by atoms with Crippen LogP contribution in [0.15, 0.2) is 18.3 Å². The van der Waals surface area contributed by atoms with E-state index in [9.17, 15) is 4.79 Å². The van der Waals surface area contributed by atoms with Crippen molar-refractivity contribution in [1.29, 1.82) is 0 Å². The first-order valence-electron chi connectivity index (χ1n) is 5.57. The first kappa shape index (κ1) is 13.0. The number of aromatic nitrogens is 1. The number of halogens is 1. The van der Waals surface area contributed by atoms with Gasteiger partial charge in [-0.25, -0.2) is 4.98 Å². The molecule has 0 saturated heterocycles. The third kappa shape index (κ3) is 3.49. The molecule has 1 rings (SSSR count). The van der Waals surface area contributed by atoms with Crippen molar-refractivity contribution in [2.45, 2.75) is 26.7 Å². The molecule has 1 aromatic heterocycles. The van der Waals surface area contributed by atoms with Crippen LogP contribution >= 0.6 is 11.6 Å². The highest BCUT2D eigenvalue weighted by atomic mass is 35.5. The highest BCUT2D eigenvalue weighted by Gasteiger charge is 2.11. The van der Waals surface area contributed by atoms with Crippen molar-refractivity contribution in [3.05, 3.63) is 29.0 Å². The number of carbonyl (C=O) groups excluding carboxylic acids is 1. The predicted octanol–water partition coefficient (Wildman–Crippen LogP) is 2.90. The zero-order valence-corrected chi connectivity index (χ0v) is 10.4. The average molecular weight is 241 g/mol. The van der Waals surface area contributed by atoms with Crippen LogP contribution in [-0.2, 0) is 0 Å². The number of nitrogens with one attached hydrogen (secondary N) is 1. The van der Waals surface area contributed by atoms with Crippen LogP contribution in [0, 0.1) is 5.92 Å². The fourth-order valence-electron chi connectivity index (χ4n) is 1.47. The largest absolute Gasteiger partial charge is 0.352 e. The molecule has 0 aliphatic carbocycles. The fourth-order valence-corrected chi connectivity index (χ4v) is 1.67. The van der Waals surface area contributed by atoms with Crippen LogP contribution < -0.4 is 5.32 Å². The van der Waals surface area contributed by atoms with Gasteiger partial charge in [-0.2, -0.15) is 0 Å². The Kier molecular flexibility index (Phi) is 5.26. The fraction of sp³-hybridized carbons (Fsp3) is 0.500. The van der Waals surface area contributed by atoms with Crippen LogP contribution in [0.1, 0.15) is 37.0 Å². The minimum atomic E-state index is -0.148. The summed E-state index contributed by atoms with van der Waals surface area (Å²) in [5, 5.41) is 3.13. The topological polar surface area (TPSA) is 42.0 Å². The number of carbonyl (C=O) groups is 1. The molecule has 3 nitrogen and oxygen atoms in total. The summed E-state index contributed by atoms with van der Waals surface area (Å²) in [6.45, 7) is 4.94. The van der Waals surface area contributed by atoms with Gasteiger partial charge < -0.3 is 5.32 Å². The van der Waals surface area contributed by atoms with Crippen molar-refractivity contribution in [3.63, 3.8) is 0 Å². The van der Waals surface area contributed by atoms with Crippen molar-refractivity contribution in [2.24, 2.45) is 5.92 Å². The molecular weight excluding hydrogens is 224 g/mol. The second kappa shape index (κ2) is 6.48. The molecule has 0 atom stereocenters. The van der Waals surface area contributed by atoms with Crippen molar-refractivity contribution in [2.75, 3.05) is 6.54 Å². The highest BCUT2D eigenvalue weighted by Crippen LogP contribution is 2.12. The molecule has 0 radical (unpaired) electrons. The molecule has 1 N–H and O–H groups in total. The van der Waals surface area contributed by atoms with Crippen LogP contribution in [0.2, 0.25) is 5.15 Å². The van der Waals surface area contributed by atoms with E-state index < -0.39 is 0 Å². The summed E-state index contributed by atoms with van der Waals surface area (Å²) in [5.74, 6) is 0.379. The molecule has 0 aliphatic heterocycles. The third-order valence-corrected chi connectivity index (χ3v) is 3.01. The Morgan fingerprint density at radius 3 is 2.75 bits per heavy atom. The lowest BCUT2D eigenvalue weighted by Crippen LogP contribution is -2.29. The maximum absolute atomic E-state index is 11.8. The van der Waals surface area contributed by atoms with E-state index in [0.717, 1.165) is 12.8 Å². The van der Waals surface area contributed by atoms with Crippen LogP contribution in [0.25, 0.3) is 0 Å². The molecule has 0 bridgehead atoms. The second-order valence-corrected chi connectivity index (χ2v) is 4.09. The molecule has 0 spiro atoms. The molecule has 0 fully saturated rings. The maximum atomic E-state index is 11.8. The highest BCUT2D eigenvalue weighted by molar-refractivity contribution is 6.32. The van der Waals surface area contributed by atoms with Crippen molar-refractivity contribution in [1.82, 2.24) is 10.3 Å². The number of pyridine rings is 1. The molecule has 0 saturated carbocycles. The molecule has 1 amide bonds. The Bertz CT molecular complexity index is 351. The van der Waals surface area contributed by atoms with E-state index in [4.69, 9.17) is 11.6 Å². The van der Waals surface area contributed by atoms with E-state index in [1.807, 2.05) is 0 Å². The monoisotopic (exact) mass is 240 g/mol. The summed E-state index contributed by atoms with van der Waals surface area (Å²) in [7, 11) is 0. The maximum Gasteiger partial charge on any atom is 0.254 e. The Labute approximate surface area is 101 Å². The van der Waals surface area contributed by atoms with Crippen molar-refractivity contribution in [3.8, 4) is 0 Å². The van der Waals surface area contributed by atoms with Gasteiger partial charge in [0.05, 0.1) is 5.56 Å². The Morgan fingerprint density at radius 2 is 2.19 bits per heavy atom. The normalized spacial score (nSPS) is 10.5. The lowest BCUT2D eigenvalue weighted by molar-refractivity contribution is 0.0946. The zero-order valence-electron chi connectivity index (χ0n) is 9.66. The second-order valence-electron chi connectivity index (χ2n) is 3.73. The Balaban J connectivity index is 2.56. The number of rotatable bonds is 5. The summed E-state index contributed by atoms with van der Waals surface area (Å²) in [6.07, 6.45) is 3.70. The SMILES string of the molecule is CCC(CC)CNC(=O)c1cccnc1Cl. The van der Waals surface area contributed by atoms with Gasteiger partial charge in [0.15, 0.2) is 0 Å². The van der Waals surface area contributed by atoms with E-state index in [-0.39, 0.29) is 11.1 Å². The molecule has 16 heavy (non-hydrogen) atoms. The average Bonchev–Trinajstić information content (AvgIpc) is 2.30. The van der Waals surface area contributed by atoms with Gasteiger partial charge in [0.2, 0.25) is 0 Å². The van der Waals surface area contributed by atoms with Crippen LogP contribution in [-0.4, -0.2) is 17.4 Å². The molecule has 1 heterocycles. The lowest BCUT2D eigenvalue weighted by Gasteiger charge is -2.13. The standard InChI is InChI=1S/C12H17ClN2O/c1-3-9(4-2)8-15-12(16)10-6-5-7-14-11(10)13/h5-7,9H,3-4,8H2,1-2H3,(H,15,16). The minimum Gasteiger partial charge on any atom is -0.352 e. The quantitative estimate of drug-likeness (QED) is 0.805. The molecule has 88 valence electrons. The lowest BCUT2D eigenvalue weighted by atomic mass is 10.0. The third-order valence-electron chi connectivity index (χ3n) is 2.71. The van der Waals surface area contributed by atoms with Gasteiger partial charge in [-0.1, -0.05) is 38.3 Å². The zero-order chi connectivity index (χ0) is 12.0.